The Hall–Kier alpha value is -1.12. The van der Waals surface area contributed by atoms with Crippen LogP contribution in [0.25, 0.3) is 0 Å². The molecule has 1 atom stereocenters. The Morgan fingerprint density at radius 1 is 1.00 bits per heavy atom. The third kappa shape index (κ3) is 3.26. The number of benzene rings is 2. The van der Waals surface area contributed by atoms with Gasteiger partial charge in [0.1, 0.15) is 0 Å². The van der Waals surface area contributed by atoms with Crippen LogP contribution in [-0.2, 0) is 6.42 Å². The standard InChI is InChI=1S/C17H17BrO/c18-16-9-1-12(2-10-16)11-17(19)15-7-5-14(6-8-15)13-3-4-13/h1-2,5-10,13,17,19H,3-4,11H2. The predicted octanol–water partition coefficient (Wildman–Crippen LogP) is 4.60. The largest absolute Gasteiger partial charge is 0.388 e. The summed E-state index contributed by atoms with van der Waals surface area (Å²) in [4.78, 5) is 0. The zero-order chi connectivity index (χ0) is 13.2. The maximum atomic E-state index is 10.3. The van der Waals surface area contributed by atoms with Crippen LogP contribution >= 0.6 is 15.9 Å². The SMILES string of the molecule is OC(Cc1ccc(Br)cc1)c1ccc(C2CC2)cc1. The molecule has 1 saturated carbocycles. The van der Waals surface area contributed by atoms with Crippen LogP contribution in [0.5, 0.6) is 0 Å². The molecule has 1 aliphatic rings. The van der Waals surface area contributed by atoms with Crippen molar-refractivity contribution in [2.75, 3.05) is 0 Å². The molecule has 2 aromatic carbocycles. The third-order valence-corrected chi connectivity index (χ3v) is 4.24. The lowest BCUT2D eigenvalue weighted by molar-refractivity contribution is 0.178. The van der Waals surface area contributed by atoms with E-state index in [1.165, 1.54) is 18.4 Å². The zero-order valence-electron chi connectivity index (χ0n) is 10.7. The second-order valence-corrected chi connectivity index (χ2v) is 6.20. The van der Waals surface area contributed by atoms with Crippen LogP contribution in [0.1, 0.15) is 41.6 Å². The fourth-order valence-electron chi connectivity index (χ4n) is 2.37. The van der Waals surface area contributed by atoms with E-state index in [-0.39, 0.29) is 0 Å². The fourth-order valence-corrected chi connectivity index (χ4v) is 2.63. The summed E-state index contributed by atoms with van der Waals surface area (Å²) >= 11 is 3.42. The fraction of sp³-hybridized carbons (Fsp3) is 0.294. The van der Waals surface area contributed by atoms with Crippen molar-refractivity contribution in [1.29, 1.82) is 0 Å². The molecule has 0 heterocycles. The molecule has 0 radical (unpaired) electrons. The molecule has 1 fully saturated rings. The van der Waals surface area contributed by atoms with Crippen LogP contribution in [0.15, 0.2) is 53.0 Å². The summed E-state index contributed by atoms with van der Waals surface area (Å²) in [7, 11) is 0. The summed E-state index contributed by atoms with van der Waals surface area (Å²) in [6.45, 7) is 0. The average Bonchev–Trinajstić information content (AvgIpc) is 3.26. The predicted molar refractivity (Wildman–Crippen MR) is 81.2 cm³/mol. The third-order valence-electron chi connectivity index (χ3n) is 3.71. The number of hydrogen-bond acceptors (Lipinski definition) is 1. The molecule has 0 aliphatic heterocycles. The summed E-state index contributed by atoms with van der Waals surface area (Å²) < 4.78 is 1.07. The van der Waals surface area contributed by atoms with Gasteiger partial charge in [0.15, 0.2) is 0 Å². The van der Waals surface area contributed by atoms with Crippen LogP contribution in [-0.4, -0.2) is 5.11 Å². The van der Waals surface area contributed by atoms with Gasteiger partial charge in [-0.05, 0) is 47.6 Å². The lowest BCUT2D eigenvalue weighted by Gasteiger charge is -2.12. The molecule has 0 bridgehead atoms. The number of aliphatic hydroxyl groups excluding tert-OH is 1. The highest BCUT2D eigenvalue weighted by molar-refractivity contribution is 9.10. The van der Waals surface area contributed by atoms with E-state index in [0.717, 1.165) is 21.5 Å². The van der Waals surface area contributed by atoms with E-state index in [1.54, 1.807) is 0 Å². The van der Waals surface area contributed by atoms with Crippen molar-refractivity contribution in [3.05, 3.63) is 69.7 Å². The van der Waals surface area contributed by atoms with Gasteiger partial charge >= 0.3 is 0 Å². The maximum Gasteiger partial charge on any atom is 0.0830 e. The Balaban J connectivity index is 1.68. The molecule has 1 aliphatic carbocycles. The number of halogens is 1. The summed E-state index contributed by atoms with van der Waals surface area (Å²) in [6, 6.07) is 16.6. The van der Waals surface area contributed by atoms with E-state index >= 15 is 0 Å². The van der Waals surface area contributed by atoms with Crippen molar-refractivity contribution in [3.8, 4) is 0 Å². The molecule has 1 unspecified atom stereocenters. The van der Waals surface area contributed by atoms with Gasteiger partial charge < -0.3 is 5.11 Å². The molecule has 3 rings (SSSR count). The van der Waals surface area contributed by atoms with Crippen LogP contribution in [0, 0.1) is 0 Å². The summed E-state index contributed by atoms with van der Waals surface area (Å²) in [5.41, 5.74) is 3.58. The van der Waals surface area contributed by atoms with Crippen molar-refractivity contribution in [2.45, 2.75) is 31.3 Å². The second kappa shape index (κ2) is 5.48. The first-order valence-electron chi connectivity index (χ1n) is 6.75. The Morgan fingerprint density at radius 2 is 1.63 bits per heavy atom. The van der Waals surface area contributed by atoms with Gasteiger partial charge in [0.25, 0.3) is 0 Å². The van der Waals surface area contributed by atoms with Crippen LogP contribution in [0.4, 0.5) is 0 Å². The normalized spacial score (nSPS) is 16.3. The molecule has 0 saturated heterocycles. The molecule has 1 N–H and O–H groups in total. The smallest absolute Gasteiger partial charge is 0.0830 e. The van der Waals surface area contributed by atoms with Crippen LogP contribution in [0.2, 0.25) is 0 Å². The Bertz CT molecular complexity index is 540. The topological polar surface area (TPSA) is 20.2 Å². The highest BCUT2D eigenvalue weighted by atomic mass is 79.9. The molecule has 98 valence electrons. The van der Waals surface area contributed by atoms with Crippen molar-refractivity contribution in [2.24, 2.45) is 0 Å². The molecule has 19 heavy (non-hydrogen) atoms. The monoisotopic (exact) mass is 316 g/mol. The van der Waals surface area contributed by atoms with E-state index in [9.17, 15) is 5.11 Å². The number of aliphatic hydroxyl groups is 1. The highest BCUT2D eigenvalue weighted by Gasteiger charge is 2.23. The minimum absolute atomic E-state index is 0.422. The molecule has 0 aromatic heterocycles. The Labute approximate surface area is 122 Å². The maximum absolute atomic E-state index is 10.3. The van der Waals surface area contributed by atoms with Gasteiger partial charge in [-0.25, -0.2) is 0 Å². The van der Waals surface area contributed by atoms with E-state index in [4.69, 9.17) is 0 Å². The molecular weight excluding hydrogens is 300 g/mol. The van der Waals surface area contributed by atoms with Gasteiger partial charge in [-0.15, -0.1) is 0 Å². The van der Waals surface area contributed by atoms with E-state index in [1.807, 2.05) is 24.3 Å². The molecule has 2 heteroatoms. The van der Waals surface area contributed by atoms with Crippen molar-refractivity contribution in [1.82, 2.24) is 0 Å². The second-order valence-electron chi connectivity index (χ2n) is 5.29. The van der Waals surface area contributed by atoms with Gasteiger partial charge in [0.2, 0.25) is 0 Å². The van der Waals surface area contributed by atoms with E-state index in [0.29, 0.717) is 6.42 Å². The zero-order valence-corrected chi connectivity index (χ0v) is 12.3. The lowest BCUT2D eigenvalue weighted by atomic mass is 9.99. The highest BCUT2D eigenvalue weighted by Crippen LogP contribution is 2.40. The van der Waals surface area contributed by atoms with Crippen molar-refractivity contribution in [3.63, 3.8) is 0 Å². The molecule has 2 aromatic rings. The van der Waals surface area contributed by atoms with Gasteiger partial charge in [0, 0.05) is 10.9 Å². The first-order valence-corrected chi connectivity index (χ1v) is 7.54. The minimum Gasteiger partial charge on any atom is -0.388 e. The number of rotatable bonds is 4. The van der Waals surface area contributed by atoms with E-state index < -0.39 is 6.10 Å². The average molecular weight is 317 g/mol. The Kier molecular flexibility index (Phi) is 3.72. The number of hydrogen-bond donors (Lipinski definition) is 1. The lowest BCUT2D eigenvalue weighted by Crippen LogP contribution is -2.01. The quantitative estimate of drug-likeness (QED) is 0.873. The van der Waals surface area contributed by atoms with Crippen molar-refractivity contribution >= 4 is 15.9 Å². The molecule has 0 spiro atoms. The summed E-state index contributed by atoms with van der Waals surface area (Å²) in [5, 5.41) is 10.3. The first kappa shape index (κ1) is 12.9. The molecule has 0 amide bonds. The van der Waals surface area contributed by atoms with E-state index in [2.05, 4.69) is 40.2 Å². The first-order chi connectivity index (χ1) is 9.22. The Morgan fingerprint density at radius 3 is 2.21 bits per heavy atom. The molecule has 1 nitrogen and oxygen atoms in total. The summed E-state index contributed by atoms with van der Waals surface area (Å²) in [6.07, 6.45) is 2.88. The van der Waals surface area contributed by atoms with Gasteiger partial charge in [0.05, 0.1) is 6.10 Å². The summed E-state index contributed by atoms with van der Waals surface area (Å²) in [5.74, 6) is 0.776. The van der Waals surface area contributed by atoms with Gasteiger partial charge in [-0.2, -0.15) is 0 Å². The van der Waals surface area contributed by atoms with Crippen molar-refractivity contribution < 1.29 is 5.11 Å². The van der Waals surface area contributed by atoms with Crippen LogP contribution in [0.3, 0.4) is 0 Å². The molecular formula is C17H17BrO. The minimum atomic E-state index is -0.422. The van der Waals surface area contributed by atoms with Gasteiger partial charge in [-0.3, -0.25) is 0 Å². The van der Waals surface area contributed by atoms with Crippen LogP contribution < -0.4 is 0 Å². The van der Waals surface area contributed by atoms with Gasteiger partial charge in [-0.1, -0.05) is 52.3 Å².